The second kappa shape index (κ2) is 18.1. The number of ether oxygens (including phenoxy) is 2. The number of esters is 2. The summed E-state index contributed by atoms with van der Waals surface area (Å²) in [4.78, 5) is 42.0. The number of nitrogens with zero attached hydrogens (tertiary/aromatic N) is 2. The molecule has 2 N–H and O–H groups in total. The van der Waals surface area contributed by atoms with Crippen molar-refractivity contribution in [3.63, 3.8) is 0 Å². The number of aliphatic hydroxyl groups excluding tert-OH is 1. The molecule has 0 aliphatic heterocycles. The van der Waals surface area contributed by atoms with E-state index in [-0.39, 0.29) is 58.4 Å². The van der Waals surface area contributed by atoms with Crippen LogP contribution in [0.1, 0.15) is 57.9 Å². The summed E-state index contributed by atoms with van der Waals surface area (Å²) in [5, 5.41) is 17.5. The van der Waals surface area contributed by atoms with Gasteiger partial charge in [-0.2, -0.15) is 0 Å². The Balaban J connectivity index is 0.000000788. The number of rotatable bonds is 10. The largest absolute Gasteiger partial charge is 1.00 e. The van der Waals surface area contributed by atoms with Gasteiger partial charge in [0.05, 0.1) is 43.2 Å². The molecule has 2 heterocycles. The zero-order valence-electron chi connectivity index (χ0n) is 25.9. The van der Waals surface area contributed by atoms with E-state index in [9.17, 15) is 14.4 Å². The van der Waals surface area contributed by atoms with Crippen LogP contribution in [0, 0.1) is 13.8 Å². The number of carboxylic acid groups (broad SMARTS) is 1. The molecule has 0 aliphatic rings. The molecule has 4 aromatic rings. The van der Waals surface area contributed by atoms with Gasteiger partial charge in [0, 0.05) is 32.6 Å². The third-order valence-electron chi connectivity index (χ3n) is 6.04. The maximum atomic E-state index is 11.4. The Morgan fingerprint density at radius 1 is 0.767 bits per heavy atom. The summed E-state index contributed by atoms with van der Waals surface area (Å²) < 4.78 is 20.4. The molecule has 0 unspecified atom stereocenters. The van der Waals surface area contributed by atoms with Crippen LogP contribution in [0.2, 0.25) is 0 Å². The smallest absolute Gasteiger partial charge is 1.00 e. The minimum atomic E-state index is -0.874. The van der Waals surface area contributed by atoms with Gasteiger partial charge in [0.2, 0.25) is 11.8 Å². The van der Waals surface area contributed by atoms with Crippen LogP contribution in [-0.2, 0) is 27.1 Å². The molecule has 0 saturated heterocycles. The van der Waals surface area contributed by atoms with Crippen LogP contribution in [0.4, 0.5) is 0 Å². The van der Waals surface area contributed by atoms with E-state index < -0.39 is 11.9 Å². The number of aromatic nitrogens is 2. The molecular formula is C30H33BN2NaO9. The maximum Gasteiger partial charge on any atom is 1.00 e. The fourth-order valence-corrected chi connectivity index (χ4v) is 3.77. The van der Waals surface area contributed by atoms with Gasteiger partial charge in [-0.05, 0) is 75.2 Å². The molecule has 0 spiro atoms. The quantitative estimate of drug-likeness (QED) is 0.201. The summed E-state index contributed by atoms with van der Waals surface area (Å²) in [6, 6.07) is 13.6. The van der Waals surface area contributed by atoms with E-state index >= 15 is 0 Å². The van der Waals surface area contributed by atoms with E-state index in [4.69, 9.17) is 19.0 Å². The summed E-state index contributed by atoms with van der Waals surface area (Å²) in [6.07, 6.45) is 1.68. The summed E-state index contributed by atoms with van der Waals surface area (Å²) in [6.45, 7) is 3.73. The molecule has 3 radical (unpaired) electrons. The van der Waals surface area contributed by atoms with E-state index in [2.05, 4.69) is 19.4 Å². The van der Waals surface area contributed by atoms with E-state index in [0.717, 1.165) is 17.0 Å². The predicted molar refractivity (Wildman–Crippen MR) is 154 cm³/mol. The summed E-state index contributed by atoms with van der Waals surface area (Å²) >= 11 is 0. The van der Waals surface area contributed by atoms with Crippen LogP contribution >= 0.6 is 0 Å². The first-order chi connectivity index (χ1) is 19.7. The van der Waals surface area contributed by atoms with Crippen LogP contribution in [0.25, 0.3) is 22.9 Å². The van der Waals surface area contributed by atoms with Gasteiger partial charge in [-0.15, -0.1) is 0 Å². The molecule has 2 aromatic carbocycles. The van der Waals surface area contributed by atoms with Gasteiger partial charge in [0.15, 0.2) is 0 Å². The minimum Gasteiger partial charge on any atom is -1.00 e. The number of carbonyl (C=O) groups excluding carboxylic acids is 2. The van der Waals surface area contributed by atoms with Crippen molar-refractivity contribution in [2.75, 3.05) is 20.8 Å². The Labute approximate surface area is 275 Å². The van der Waals surface area contributed by atoms with Crippen molar-refractivity contribution in [2.45, 2.75) is 39.5 Å². The second-order valence-electron chi connectivity index (χ2n) is 8.90. The number of hydrogen-bond acceptors (Lipinski definition) is 10. The van der Waals surface area contributed by atoms with E-state index in [0.29, 0.717) is 59.2 Å². The molecule has 0 aliphatic carbocycles. The number of aryl methyl sites for hydroxylation is 4. The van der Waals surface area contributed by atoms with E-state index in [1.807, 2.05) is 6.92 Å². The Bertz CT molecular complexity index is 1490. The zero-order chi connectivity index (χ0) is 29.9. The van der Waals surface area contributed by atoms with Gasteiger partial charge < -0.3 is 29.9 Å². The third kappa shape index (κ3) is 10.5. The fraction of sp³-hybridized carbons (Fsp3) is 0.300. The van der Waals surface area contributed by atoms with Crippen molar-refractivity contribution >= 4 is 26.3 Å². The first kappa shape index (κ1) is 37.3. The van der Waals surface area contributed by atoms with Crippen LogP contribution in [0.3, 0.4) is 0 Å². The van der Waals surface area contributed by atoms with Gasteiger partial charge in [-0.3, -0.25) is 4.79 Å². The number of aliphatic carboxylic acids is 1. The number of benzene rings is 2. The number of aliphatic hydroxyl groups is 1. The topological polar surface area (TPSA) is 162 Å². The standard InChI is InChI=1S/C15H15NO5.C15H17NO4.B.Na.H/c1-9-12(7-8-13(17)18)16-14(21-9)10-3-5-11(6-4-10)15(19)20-2;1-10-13(4-3-9-17)16-14(20-10)11-5-7-12(8-6-11)15(18)19-2;;;/h3-6H,7-8H2,1-2H3,(H,17,18);5-8,17H,3-4,9H2,1-2H3;;;/q;;;+1;-1. The first-order valence-corrected chi connectivity index (χ1v) is 12.8. The molecule has 13 heteroatoms. The van der Waals surface area contributed by atoms with Gasteiger partial charge in [0.1, 0.15) is 11.5 Å². The molecule has 0 fully saturated rings. The number of carboxylic acids is 1. The number of hydrogen-bond donors (Lipinski definition) is 2. The van der Waals surface area contributed by atoms with Crippen molar-refractivity contribution < 1.29 is 73.9 Å². The first-order valence-electron chi connectivity index (χ1n) is 12.8. The van der Waals surface area contributed by atoms with E-state index in [1.165, 1.54) is 14.2 Å². The zero-order valence-corrected chi connectivity index (χ0v) is 26.9. The summed E-state index contributed by atoms with van der Waals surface area (Å²) in [7, 11) is 2.67. The van der Waals surface area contributed by atoms with Gasteiger partial charge in [0.25, 0.3) is 0 Å². The van der Waals surface area contributed by atoms with Crippen LogP contribution < -0.4 is 29.6 Å². The molecule has 0 saturated carbocycles. The number of oxazole rings is 2. The van der Waals surface area contributed by atoms with Gasteiger partial charge in [-0.1, -0.05) is 0 Å². The Kier molecular flexibility index (Phi) is 15.7. The minimum absolute atomic E-state index is 0. The average Bonchev–Trinajstić information content (AvgIpc) is 3.56. The fourth-order valence-electron chi connectivity index (χ4n) is 3.77. The molecule has 0 bridgehead atoms. The van der Waals surface area contributed by atoms with Crippen molar-refractivity contribution in [1.29, 1.82) is 0 Å². The molecular weight excluding hydrogens is 566 g/mol. The van der Waals surface area contributed by atoms with Crippen LogP contribution in [0.5, 0.6) is 0 Å². The predicted octanol–water partition coefficient (Wildman–Crippen LogP) is 1.55. The average molecular weight is 599 g/mol. The van der Waals surface area contributed by atoms with Gasteiger partial charge >= 0.3 is 47.5 Å². The molecule has 0 amide bonds. The third-order valence-corrected chi connectivity index (χ3v) is 6.04. The summed E-state index contributed by atoms with van der Waals surface area (Å²) in [5.74, 6) is 0.627. The normalized spacial score (nSPS) is 9.98. The molecule has 43 heavy (non-hydrogen) atoms. The van der Waals surface area contributed by atoms with Crippen molar-refractivity contribution in [3.8, 4) is 22.9 Å². The monoisotopic (exact) mass is 599 g/mol. The number of methoxy groups -OCH3 is 2. The Morgan fingerprint density at radius 2 is 1.16 bits per heavy atom. The van der Waals surface area contributed by atoms with Crippen molar-refractivity contribution in [1.82, 2.24) is 9.97 Å². The Morgan fingerprint density at radius 3 is 1.51 bits per heavy atom. The number of carbonyl (C=O) groups is 3. The molecule has 221 valence electrons. The van der Waals surface area contributed by atoms with Crippen LogP contribution in [-0.4, -0.2) is 67.3 Å². The van der Waals surface area contributed by atoms with Gasteiger partial charge in [-0.25, -0.2) is 19.6 Å². The molecule has 0 atom stereocenters. The maximum absolute atomic E-state index is 11.4. The molecule has 4 rings (SSSR count). The summed E-state index contributed by atoms with van der Waals surface area (Å²) in [5.41, 5.74) is 3.93. The van der Waals surface area contributed by atoms with Crippen molar-refractivity contribution in [3.05, 3.63) is 82.6 Å². The van der Waals surface area contributed by atoms with E-state index in [1.54, 1.807) is 55.5 Å². The Hall–Kier alpha value is -3.71. The SMILES string of the molecule is COC(=O)c1ccc(-c2nc(CCC(=O)O)c(C)o2)cc1.COC(=O)c1ccc(-c2nc(CCCO)c(C)o2)cc1.[B].[H-].[Na+]. The molecule has 2 aromatic heterocycles. The van der Waals surface area contributed by atoms with Crippen LogP contribution in [0.15, 0.2) is 57.4 Å². The molecule has 11 nitrogen and oxygen atoms in total. The second-order valence-corrected chi connectivity index (χ2v) is 8.90. The van der Waals surface area contributed by atoms with Crippen molar-refractivity contribution in [2.24, 2.45) is 0 Å².